The molecule has 0 rings (SSSR count). The molecule has 0 aliphatic heterocycles. The fraction of sp³-hybridized carbons (Fsp3) is 1.00. The standard InChI is InChI=1S/C6H15BO/c1-4-5-6-8-7(2)3/h4-6H2,1-3H3. The Balaban J connectivity index is 2.72. The maximum atomic E-state index is 5.28. The molecule has 0 aliphatic rings. The van der Waals surface area contributed by atoms with E-state index in [0.29, 0.717) is 6.92 Å². The molecule has 0 aromatic carbocycles. The molecule has 0 atom stereocenters. The normalized spacial score (nSPS) is 9.38. The molecule has 0 aromatic heterocycles. The van der Waals surface area contributed by atoms with Gasteiger partial charge in [-0.05, 0) is 6.42 Å². The average Bonchev–Trinajstić information content (AvgIpc) is 1.66. The molecule has 2 heteroatoms. The highest BCUT2D eigenvalue weighted by atomic mass is 16.4. The van der Waals surface area contributed by atoms with Crippen LogP contribution in [0.1, 0.15) is 19.8 Å². The van der Waals surface area contributed by atoms with Crippen LogP contribution in [0, 0.1) is 0 Å². The van der Waals surface area contributed by atoms with Gasteiger partial charge in [0.15, 0.2) is 0 Å². The molecule has 48 valence electrons. The average molecular weight is 114 g/mol. The van der Waals surface area contributed by atoms with Crippen LogP contribution >= 0.6 is 0 Å². The molecule has 0 amide bonds. The summed E-state index contributed by atoms with van der Waals surface area (Å²) in [5.74, 6) is 0. The summed E-state index contributed by atoms with van der Waals surface area (Å²) < 4.78 is 5.28. The quantitative estimate of drug-likeness (QED) is 0.401. The predicted octanol–water partition coefficient (Wildman–Crippen LogP) is 2.05. The first-order valence-corrected chi connectivity index (χ1v) is 3.39. The van der Waals surface area contributed by atoms with Gasteiger partial charge >= 0.3 is 0 Å². The number of hydrogen-bond acceptors (Lipinski definition) is 1. The first-order chi connectivity index (χ1) is 3.77. The van der Waals surface area contributed by atoms with E-state index in [-0.39, 0.29) is 0 Å². The van der Waals surface area contributed by atoms with Gasteiger partial charge in [0.1, 0.15) is 0 Å². The smallest absolute Gasteiger partial charge is 0.286 e. The molecule has 1 nitrogen and oxygen atoms in total. The second kappa shape index (κ2) is 5.17. The van der Waals surface area contributed by atoms with Gasteiger partial charge in [-0.25, -0.2) is 0 Å². The highest BCUT2D eigenvalue weighted by molar-refractivity contribution is 6.48. The van der Waals surface area contributed by atoms with E-state index >= 15 is 0 Å². The topological polar surface area (TPSA) is 9.23 Å². The van der Waals surface area contributed by atoms with Crippen molar-refractivity contribution in [2.75, 3.05) is 6.61 Å². The maximum absolute atomic E-state index is 5.28. The highest BCUT2D eigenvalue weighted by Gasteiger charge is 1.95. The van der Waals surface area contributed by atoms with Gasteiger partial charge < -0.3 is 4.65 Å². The van der Waals surface area contributed by atoms with E-state index in [2.05, 4.69) is 20.6 Å². The van der Waals surface area contributed by atoms with E-state index < -0.39 is 0 Å². The molecule has 0 bridgehead atoms. The summed E-state index contributed by atoms with van der Waals surface area (Å²) in [6.07, 6.45) is 2.42. The van der Waals surface area contributed by atoms with Gasteiger partial charge in [-0.3, -0.25) is 0 Å². The molecule has 0 saturated carbocycles. The van der Waals surface area contributed by atoms with Crippen molar-refractivity contribution in [3.63, 3.8) is 0 Å². The van der Waals surface area contributed by atoms with Crippen LogP contribution in [0.25, 0.3) is 0 Å². The van der Waals surface area contributed by atoms with Crippen LogP contribution in [-0.4, -0.2) is 13.5 Å². The molecule has 8 heavy (non-hydrogen) atoms. The third-order valence-corrected chi connectivity index (χ3v) is 0.949. The van der Waals surface area contributed by atoms with Crippen molar-refractivity contribution in [1.82, 2.24) is 0 Å². The lowest BCUT2D eigenvalue weighted by Crippen LogP contribution is -2.07. The van der Waals surface area contributed by atoms with Crippen molar-refractivity contribution < 1.29 is 4.65 Å². The molecule has 0 aromatic rings. The van der Waals surface area contributed by atoms with Crippen LogP contribution in [0.4, 0.5) is 0 Å². The van der Waals surface area contributed by atoms with Crippen molar-refractivity contribution in [3.8, 4) is 0 Å². The zero-order chi connectivity index (χ0) is 6.41. The van der Waals surface area contributed by atoms with E-state index in [1.54, 1.807) is 0 Å². The first kappa shape index (κ1) is 8.02. The monoisotopic (exact) mass is 114 g/mol. The largest absolute Gasteiger partial charge is 0.436 e. The minimum atomic E-state index is 0.404. The Hall–Kier alpha value is 0.0249. The molecule has 0 saturated heterocycles. The summed E-state index contributed by atoms with van der Waals surface area (Å²) in [5, 5.41) is 0. The molecule has 0 aliphatic carbocycles. The van der Waals surface area contributed by atoms with Crippen molar-refractivity contribution in [2.45, 2.75) is 33.4 Å². The van der Waals surface area contributed by atoms with E-state index in [0.717, 1.165) is 6.61 Å². The van der Waals surface area contributed by atoms with E-state index in [1.165, 1.54) is 12.8 Å². The SMILES string of the molecule is CCCCOB(C)C. The zero-order valence-corrected chi connectivity index (χ0v) is 6.11. The number of unbranched alkanes of at least 4 members (excludes halogenated alkanes) is 1. The summed E-state index contributed by atoms with van der Waals surface area (Å²) >= 11 is 0. The highest BCUT2D eigenvalue weighted by Crippen LogP contribution is 1.89. The summed E-state index contributed by atoms with van der Waals surface area (Å²) in [6.45, 7) is 7.63. The van der Waals surface area contributed by atoms with Gasteiger partial charge in [0.25, 0.3) is 6.92 Å². The molecule has 0 N–H and O–H groups in total. The fourth-order valence-corrected chi connectivity index (χ4v) is 0.463. The zero-order valence-electron chi connectivity index (χ0n) is 6.11. The molecule has 0 spiro atoms. The maximum Gasteiger partial charge on any atom is 0.286 e. The summed E-state index contributed by atoms with van der Waals surface area (Å²) in [6, 6.07) is 0. The molecule has 0 radical (unpaired) electrons. The van der Waals surface area contributed by atoms with Gasteiger partial charge in [-0.15, -0.1) is 0 Å². The lowest BCUT2D eigenvalue weighted by molar-refractivity contribution is 0.317. The minimum absolute atomic E-state index is 0.404. The van der Waals surface area contributed by atoms with E-state index in [9.17, 15) is 0 Å². The van der Waals surface area contributed by atoms with Crippen LogP contribution in [0.3, 0.4) is 0 Å². The van der Waals surface area contributed by atoms with Crippen molar-refractivity contribution in [1.29, 1.82) is 0 Å². The second-order valence-corrected chi connectivity index (χ2v) is 2.27. The Kier molecular flexibility index (Phi) is 5.18. The molecule has 0 heterocycles. The van der Waals surface area contributed by atoms with Gasteiger partial charge in [0.2, 0.25) is 0 Å². The fourth-order valence-electron chi connectivity index (χ4n) is 0.463. The first-order valence-electron chi connectivity index (χ1n) is 3.39. The van der Waals surface area contributed by atoms with Crippen LogP contribution in [0.5, 0.6) is 0 Å². The Morgan fingerprint density at radius 3 is 2.38 bits per heavy atom. The summed E-state index contributed by atoms with van der Waals surface area (Å²) in [7, 11) is 0. The van der Waals surface area contributed by atoms with Gasteiger partial charge in [0, 0.05) is 6.61 Å². The van der Waals surface area contributed by atoms with Gasteiger partial charge in [-0.2, -0.15) is 0 Å². The van der Waals surface area contributed by atoms with Gasteiger partial charge in [0.05, 0.1) is 0 Å². The molecular formula is C6H15BO. The van der Waals surface area contributed by atoms with Crippen LogP contribution < -0.4 is 0 Å². The van der Waals surface area contributed by atoms with Crippen molar-refractivity contribution >= 4 is 6.92 Å². The Morgan fingerprint density at radius 1 is 1.38 bits per heavy atom. The third kappa shape index (κ3) is 6.02. The summed E-state index contributed by atoms with van der Waals surface area (Å²) in [5.41, 5.74) is 0. The van der Waals surface area contributed by atoms with Gasteiger partial charge in [-0.1, -0.05) is 27.0 Å². The lowest BCUT2D eigenvalue weighted by atomic mass is 9.75. The summed E-state index contributed by atoms with van der Waals surface area (Å²) in [4.78, 5) is 0. The third-order valence-electron chi connectivity index (χ3n) is 0.949. The number of hydrogen-bond donors (Lipinski definition) is 0. The van der Waals surface area contributed by atoms with E-state index in [4.69, 9.17) is 4.65 Å². The predicted molar refractivity (Wildman–Crippen MR) is 38.3 cm³/mol. The number of rotatable bonds is 4. The molecular weight excluding hydrogens is 98.9 g/mol. The second-order valence-electron chi connectivity index (χ2n) is 2.27. The van der Waals surface area contributed by atoms with Crippen molar-refractivity contribution in [3.05, 3.63) is 0 Å². The minimum Gasteiger partial charge on any atom is -0.436 e. The van der Waals surface area contributed by atoms with Crippen molar-refractivity contribution in [2.24, 2.45) is 0 Å². The van der Waals surface area contributed by atoms with E-state index in [1.807, 2.05) is 0 Å². The Labute approximate surface area is 52.5 Å². The Bertz CT molecular complexity index is 45.8. The van der Waals surface area contributed by atoms with Crippen LogP contribution in [0.2, 0.25) is 13.6 Å². The molecule has 0 fully saturated rings. The van der Waals surface area contributed by atoms with Crippen LogP contribution in [0.15, 0.2) is 0 Å². The molecule has 0 unspecified atom stereocenters. The lowest BCUT2D eigenvalue weighted by Gasteiger charge is -2.01. The van der Waals surface area contributed by atoms with Crippen LogP contribution in [-0.2, 0) is 4.65 Å². The Morgan fingerprint density at radius 2 is 2.00 bits per heavy atom.